The lowest BCUT2D eigenvalue weighted by molar-refractivity contribution is -0.139. The minimum absolute atomic E-state index is 0.0769. The fourth-order valence-corrected chi connectivity index (χ4v) is 3.29. The zero-order valence-corrected chi connectivity index (χ0v) is 12.2. The number of amides is 1. The van der Waals surface area contributed by atoms with Crippen molar-refractivity contribution in [3.8, 4) is 0 Å². The molecule has 0 aromatic heterocycles. The number of carbonyl (C=O) groups excluding carboxylic acids is 1. The first-order chi connectivity index (χ1) is 9.58. The lowest BCUT2D eigenvalue weighted by atomic mass is 9.86. The number of carbonyl (C=O) groups is 2. The van der Waals surface area contributed by atoms with Gasteiger partial charge in [-0.15, -0.1) is 0 Å². The van der Waals surface area contributed by atoms with E-state index < -0.39 is 5.97 Å². The largest absolute Gasteiger partial charge is 0.480 e. The zero-order chi connectivity index (χ0) is 14.6. The van der Waals surface area contributed by atoms with Crippen molar-refractivity contribution in [2.24, 2.45) is 0 Å². The molecule has 2 heterocycles. The molecule has 0 aromatic rings. The van der Waals surface area contributed by atoms with Crippen LogP contribution in [0.3, 0.4) is 0 Å². The zero-order valence-electron chi connectivity index (χ0n) is 12.2. The second kappa shape index (κ2) is 6.54. The molecular formula is C14H25N3O3. The summed E-state index contributed by atoms with van der Waals surface area (Å²) in [5.41, 5.74) is -0.386. The van der Waals surface area contributed by atoms with Crippen LogP contribution < -0.4 is 5.32 Å². The van der Waals surface area contributed by atoms with E-state index in [9.17, 15) is 9.59 Å². The first-order valence-electron chi connectivity index (χ1n) is 7.56. The maximum absolute atomic E-state index is 12.2. The molecule has 0 bridgehead atoms. The van der Waals surface area contributed by atoms with E-state index in [1.54, 1.807) is 0 Å². The lowest BCUT2D eigenvalue weighted by Gasteiger charge is -2.42. The molecule has 6 heteroatoms. The van der Waals surface area contributed by atoms with Gasteiger partial charge in [-0.05, 0) is 19.3 Å². The third kappa shape index (κ3) is 3.12. The Labute approximate surface area is 120 Å². The summed E-state index contributed by atoms with van der Waals surface area (Å²) in [4.78, 5) is 27.2. The summed E-state index contributed by atoms with van der Waals surface area (Å²) >= 11 is 0. The van der Waals surface area contributed by atoms with Crippen LogP contribution >= 0.6 is 0 Å². The molecule has 2 N–H and O–H groups in total. The van der Waals surface area contributed by atoms with Crippen molar-refractivity contribution in [3.05, 3.63) is 0 Å². The number of unbranched alkanes of at least 4 members (excludes halogenated alkanes) is 2. The SMILES string of the molecule is CCCCCN1CNC(=O)C12CCN(CC(=O)O)CC2. The Bertz CT molecular complexity index is 365. The van der Waals surface area contributed by atoms with Gasteiger partial charge in [-0.1, -0.05) is 19.8 Å². The van der Waals surface area contributed by atoms with Crippen LogP contribution in [0.5, 0.6) is 0 Å². The van der Waals surface area contributed by atoms with Gasteiger partial charge in [0.1, 0.15) is 5.54 Å². The van der Waals surface area contributed by atoms with E-state index in [0.717, 1.165) is 25.8 Å². The van der Waals surface area contributed by atoms with Gasteiger partial charge in [0.05, 0.1) is 13.2 Å². The van der Waals surface area contributed by atoms with Crippen molar-refractivity contribution < 1.29 is 14.7 Å². The summed E-state index contributed by atoms with van der Waals surface area (Å²) in [6.07, 6.45) is 4.95. The predicted molar refractivity (Wildman–Crippen MR) is 75.3 cm³/mol. The number of nitrogens with zero attached hydrogens (tertiary/aromatic N) is 2. The summed E-state index contributed by atoms with van der Waals surface area (Å²) < 4.78 is 0. The number of aliphatic carboxylic acids is 1. The van der Waals surface area contributed by atoms with E-state index in [2.05, 4.69) is 17.1 Å². The van der Waals surface area contributed by atoms with Gasteiger partial charge < -0.3 is 10.4 Å². The summed E-state index contributed by atoms with van der Waals surface area (Å²) in [7, 11) is 0. The maximum Gasteiger partial charge on any atom is 0.317 e. The number of hydrogen-bond donors (Lipinski definition) is 2. The molecule has 6 nitrogen and oxygen atoms in total. The average molecular weight is 283 g/mol. The molecule has 2 aliphatic rings. The topological polar surface area (TPSA) is 72.9 Å². The summed E-state index contributed by atoms with van der Waals surface area (Å²) in [5, 5.41) is 11.8. The minimum Gasteiger partial charge on any atom is -0.480 e. The molecule has 0 aromatic carbocycles. The first kappa shape index (κ1) is 15.3. The number of piperidine rings is 1. The third-order valence-electron chi connectivity index (χ3n) is 4.53. The molecule has 2 rings (SSSR count). The Morgan fingerprint density at radius 2 is 2.05 bits per heavy atom. The van der Waals surface area contributed by atoms with Crippen LogP contribution in [-0.2, 0) is 9.59 Å². The molecule has 0 atom stereocenters. The number of likely N-dealkylation sites (tertiary alicyclic amines) is 1. The van der Waals surface area contributed by atoms with Crippen LogP contribution in [0.25, 0.3) is 0 Å². The van der Waals surface area contributed by atoms with Crippen LogP contribution in [0.1, 0.15) is 39.0 Å². The van der Waals surface area contributed by atoms with Crippen molar-refractivity contribution in [1.29, 1.82) is 0 Å². The highest BCUT2D eigenvalue weighted by atomic mass is 16.4. The minimum atomic E-state index is -0.795. The Morgan fingerprint density at radius 3 is 2.65 bits per heavy atom. The number of hydrogen-bond acceptors (Lipinski definition) is 4. The first-order valence-corrected chi connectivity index (χ1v) is 7.56. The molecule has 2 saturated heterocycles. The second-order valence-corrected chi connectivity index (χ2v) is 5.84. The Kier molecular flexibility index (Phi) is 4.99. The quantitative estimate of drug-likeness (QED) is 0.694. The highest BCUT2D eigenvalue weighted by Crippen LogP contribution is 2.32. The molecule has 1 amide bonds. The molecule has 20 heavy (non-hydrogen) atoms. The van der Waals surface area contributed by atoms with E-state index in [0.29, 0.717) is 19.8 Å². The van der Waals surface area contributed by atoms with Crippen molar-refractivity contribution in [1.82, 2.24) is 15.1 Å². The summed E-state index contributed by atoms with van der Waals surface area (Å²) in [6.45, 7) is 5.21. The van der Waals surface area contributed by atoms with Gasteiger partial charge >= 0.3 is 5.97 Å². The fourth-order valence-electron chi connectivity index (χ4n) is 3.29. The molecule has 0 aliphatic carbocycles. The molecule has 2 aliphatic heterocycles. The molecule has 0 saturated carbocycles. The normalized spacial score (nSPS) is 23.1. The van der Waals surface area contributed by atoms with Crippen LogP contribution in [0.4, 0.5) is 0 Å². The fraction of sp³-hybridized carbons (Fsp3) is 0.857. The van der Waals surface area contributed by atoms with Crippen LogP contribution in [0.2, 0.25) is 0 Å². The van der Waals surface area contributed by atoms with Gasteiger partial charge in [-0.3, -0.25) is 19.4 Å². The second-order valence-electron chi connectivity index (χ2n) is 5.84. The van der Waals surface area contributed by atoms with E-state index in [1.165, 1.54) is 12.8 Å². The monoisotopic (exact) mass is 283 g/mol. The van der Waals surface area contributed by atoms with Crippen molar-refractivity contribution in [2.45, 2.75) is 44.6 Å². The van der Waals surface area contributed by atoms with Gasteiger partial charge in [0.2, 0.25) is 5.91 Å². The average Bonchev–Trinajstić information content (AvgIpc) is 2.70. The highest BCUT2D eigenvalue weighted by molar-refractivity contribution is 5.88. The molecule has 114 valence electrons. The smallest absolute Gasteiger partial charge is 0.317 e. The molecule has 1 spiro atoms. The number of nitrogens with one attached hydrogen (secondary N) is 1. The maximum atomic E-state index is 12.2. The summed E-state index contributed by atoms with van der Waals surface area (Å²) in [6, 6.07) is 0. The van der Waals surface area contributed by atoms with Crippen LogP contribution in [-0.4, -0.2) is 65.2 Å². The molecule has 0 radical (unpaired) electrons. The number of carboxylic acids is 1. The summed E-state index contributed by atoms with van der Waals surface area (Å²) in [5.74, 6) is -0.666. The van der Waals surface area contributed by atoms with Crippen LogP contribution in [0.15, 0.2) is 0 Å². The highest BCUT2D eigenvalue weighted by Gasteiger charge is 2.49. The van der Waals surface area contributed by atoms with E-state index >= 15 is 0 Å². The van der Waals surface area contributed by atoms with Crippen LogP contribution in [0, 0.1) is 0 Å². The Hall–Kier alpha value is -1.14. The molecule has 2 fully saturated rings. The Balaban J connectivity index is 1.94. The van der Waals surface area contributed by atoms with Gasteiger partial charge in [0.15, 0.2) is 0 Å². The van der Waals surface area contributed by atoms with E-state index in [1.807, 2.05) is 4.90 Å². The van der Waals surface area contributed by atoms with Gasteiger partial charge in [0, 0.05) is 19.6 Å². The van der Waals surface area contributed by atoms with E-state index in [-0.39, 0.29) is 18.0 Å². The van der Waals surface area contributed by atoms with E-state index in [4.69, 9.17) is 5.11 Å². The molecular weight excluding hydrogens is 258 g/mol. The van der Waals surface area contributed by atoms with Crippen molar-refractivity contribution in [2.75, 3.05) is 32.8 Å². The van der Waals surface area contributed by atoms with Gasteiger partial charge in [-0.2, -0.15) is 0 Å². The number of carboxylic acid groups (broad SMARTS) is 1. The standard InChI is InChI=1S/C14H25N3O3/c1-2-3-4-7-17-11-15-13(20)14(17)5-8-16(9-6-14)10-12(18)19/h2-11H2,1H3,(H,15,20)(H,18,19). The van der Waals surface area contributed by atoms with Crippen molar-refractivity contribution >= 4 is 11.9 Å². The lowest BCUT2D eigenvalue weighted by Crippen LogP contribution is -2.56. The predicted octanol–water partition coefficient (Wildman–Crippen LogP) is 0.485. The van der Waals surface area contributed by atoms with Gasteiger partial charge in [0.25, 0.3) is 0 Å². The third-order valence-corrected chi connectivity index (χ3v) is 4.53. The van der Waals surface area contributed by atoms with Crippen molar-refractivity contribution in [3.63, 3.8) is 0 Å². The Morgan fingerprint density at radius 1 is 1.35 bits per heavy atom. The van der Waals surface area contributed by atoms with Gasteiger partial charge in [-0.25, -0.2) is 0 Å². The number of rotatable bonds is 6. The molecule has 0 unspecified atom stereocenters.